The molecule has 4 atom stereocenters. The third kappa shape index (κ3) is 12.1. The van der Waals surface area contributed by atoms with Crippen LogP contribution in [0.5, 0.6) is 0 Å². The number of carbonyl (C=O) groups excluding carboxylic acids is 5. The minimum Gasteiger partial charge on any atom is -0.481 e. The van der Waals surface area contributed by atoms with Gasteiger partial charge in [0.2, 0.25) is 29.5 Å². The van der Waals surface area contributed by atoms with Crippen LogP contribution >= 0.6 is 0 Å². The van der Waals surface area contributed by atoms with Crippen LogP contribution in [0.3, 0.4) is 0 Å². The number of carboxylic acid groups (broad SMARTS) is 2. The number of amides is 5. The van der Waals surface area contributed by atoms with E-state index in [9.17, 15) is 38.7 Å². The smallest absolute Gasteiger partial charge is 0.326 e. The Kier molecular flexibility index (Phi) is 13.7. The highest BCUT2D eigenvalue weighted by atomic mass is 16.4. The van der Waals surface area contributed by atoms with Gasteiger partial charge < -0.3 is 36.8 Å². The van der Waals surface area contributed by atoms with Crippen LogP contribution in [0.2, 0.25) is 0 Å². The van der Waals surface area contributed by atoms with Gasteiger partial charge in [0.05, 0.1) is 6.54 Å². The van der Waals surface area contributed by atoms with Crippen molar-refractivity contribution < 1.29 is 43.8 Å². The summed E-state index contributed by atoms with van der Waals surface area (Å²) in [6.45, 7) is 8.65. The van der Waals surface area contributed by atoms with E-state index in [1.807, 2.05) is 0 Å². The zero-order chi connectivity index (χ0) is 28.2. The first-order chi connectivity index (χ1) is 16.6. The third-order valence-corrected chi connectivity index (χ3v) is 5.03. The van der Waals surface area contributed by atoms with Crippen LogP contribution in [0.15, 0.2) is 0 Å². The second kappa shape index (κ2) is 15.3. The fourth-order valence-electron chi connectivity index (χ4n) is 2.94. The van der Waals surface area contributed by atoms with Gasteiger partial charge in [0.25, 0.3) is 0 Å². The Balaban J connectivity index is 5.44. The minimum absolute atomic E-state index is 0.314. The van der Waals surface area contributed by atoms with Crippen molar-refractivity contribution in [2.75, 3.05) is 6.54 Å². The highest BCUT2D eigenvalue weighted by molar-refractivity contribution is 5.95. The summed E-state index contributed by atoms with van der Waals surface area (Å²) in [7, 11) is 0. The summed E-state index contributed by atoms with van der Waals surface area (Å²) in [6.07, 6.45) is -0.792. The lowest BCUT2D eigenvalue weighted by molar-refractivity contribution is -0.144. The van der Waals surface area contributed by atoms with E-state index in [1.165, 1.54) is 13.8 Å². The van der Waals surface area contributed by atoms with E-state index in [-0.39, 0.29) is 13.0 Å². The lowest BCUT2D eigenvalue weighted by Crippen LogP contribution is -2.59. The van der Waals surface area contributed by atoms with Crippen molar-refractivity contribution in [2.24, 2.45) is 11.8 Å². The molecule has 0 aliphatic rings. The Morgan fingerprint density at radius 1 is 0.694 bits per heavy atom. The minimum atomic E-state index is -1.37. The van der Waals surface area contributed by atoms with Crippen molar-refractivity contribution in [3.63, 3.8) is 0 Å². The van der Waals surface area contributed by atoms with Crippen LogP contribution in [-0.4, -0.2) is 82.4 Å². The normalized spacial score (nSPS) is 14.1. The fourth-order valence-corrected chi connectivity index (χ4v) is 2.94. The van der Waals surface area contributed by atoms with E-state index in [1.54, 1.807) is 27.7 Å². The molecule has 7 N–H and O–H groups in total. The molecule has 0 spiro atoms. The number of carbonyl (C=O) groups is 7. The molecule has 14 heteroatoms. The number of nitrogens with one attached hydrogen (secondary N) is 5. The van der Waals surface area contributed by atoms with Crippen LogP contribution < -0.4 is 26.6 Å². The molecule has 0 saturated heterocycles. The second-order valence-electron chi connectivity index (χ2n) is 8.99. The van der Waals surface area contributed by atoms with E-state index >= 15 is 0 Å². The first-order valence-corrected chi connectivity index (χ1v) is 11.5. The number of rotatable bonds is 15. The zero-order valence-electron chi connectivity index (χ0n) is 21.3. The molecule has 36 heavy (non-hydrogen) atoms. The lowest BCUT2D eigenvalue weighted by Gasteiger charge is -2.27. The van der Waals surface area contributed by atoms with Gasteiger partial charge in [0, 0.05) is 13.3 Å². The Bertz CT molecular complexity index is 844. The molecule has 0 unspecified atom stereocenters. The third-order valence-electron chi connectivity index (χ3n) is 5.03. The summed E-state index contributed by atoms with van der Waals surface area (Å²) in [4.78, 5) is 83.4. The van der Waals surface area contributed by atoms with E-state index in [4.69, 9.17) is 5.11 Å². The Morgan fingerprint density at radius 3 is 1.67 bits per heavy atom. The van der Waals surface area contributed by atoms with Gasteiger partial charge in [0.15, 0.2) is 0 Å². The average Bonchev–Trinajstić information content (AvgIpc) is 2.75. The maximum absolute atomic E-state index is 13.0. The summed E-state index contributed by atoms with van der Waals surface area (Å²) >= 11 is 0. The Morgan fingerprint density at radius 2 is 1.22 bits per heavy atom. The molecule has 0 aromatic carbocycles. The van der Waals surface area contributed by atoms with Gasteiger partial charge in [-0.05, 0) is 25.2 Å². The largest absolute Gasteiger partial charge is 0.481 e. The van der Waals surface area contributed by atoms with Crippen molar-refractivity contribution in [1.82, 2.24) is 26.6 Å². The first kappa shape index (κ1) is 32.3. The molecule has 0 saturated carbocycles. The Labute approximate surface area is 209 Å². The summed E-state index contributed by atoms with van der Waals surface area (Å²) in [6, 6.07) is -4.85. The SMILES string of the molecule is CC(=O)NCC(=O)N[C@@H](C)C(=O)N[C@H](C(=O)N[C@@H](CCC(=O)O)C(=O)N[C@H](C(=O)O)C(C)C)C(C)C. The molecule has 0 radical (unpaired) electrons. The summed E-state index contributed by atoms with van der Waals surface area (Å²) in [5, 5.41) is 30.1. The van der Waals surface area contributed by atoms with Gasteiger partial charge >= 0.3 is 11.9 Å². The maximum atomic E-state index is 13.0. The maximum Gasteiger partial charge on any atom is 0.326 e. The van der Waals surface area contributed by atoms with Gasteiger partial charge in [-0.3, -0.25) is 28.8 Å². The predicted octanol–water partition coefficient (Wildman–Crippen LogP) is -1.66. The predicted molar refractivity (Wildman–Crippen MR) is 126 cm³/mol. The van der Waals surface area contributed by atoms with Crippen LogP contribution in [0.25, 0.3) is 0 Å². The molecule has 0 aliphatic heterocycles. The van der Waals surface area contributed by atoms with E-state index in [2.05, 4.69) is 26.6 Å². The summed E-state index contributed by atoms with van der Waals surface area (Å²) < 4.78 is 0. The molecule has 0 bridgehead atoms. The van der Waals surface area contributed by atoms with Crippen LogP contribution in [-0.2, 0) is 33.6 Å². The first-order valence-electron chi connectivity index (χ1n) is 11.5. The molecule has 14 nitrogen and oxygen atoms in total. The van der Waals surface area contributed by atoms with Crippen molar-refractivity contribution >= 4 is 41.5 Å². The fraction of sp³-hybridized carbons (Fsp3) is 0.682. The molecular weight excluding hydrogens is 478 g/mol. The van der Waals surface area contributed by atoms with Gasteiger partial charge in [0.1, 0.15) is 24.2 Å². The van der Waals surface area contributed by atoms with E-state index in [0.29, 0.717) is 0 Å². The van der Waals surface area contributed by atoms with Crippen molar-refractivity contribution in [3.05, 3.63) is 0 Å². The van der Waals surface area contributed by atoms with Crippen LogP contribution in [0.4, 0.5) is 0 Å². The molecule has 0 fully saturated rings. The Hall–Kier alpha value is -3.71. The zero-order valence-corrected chi connectivity index (χ0v) is 21.3. The molecule has 0 rings (SSSR count). The van der Waals surface area contributed by atoms with Crippen molar-refractivity contribution in [1.29, 1.82) is 0 Å². The van der Waals surface area contributed by atoms with Crippen LogP contribution in [0.1, 0.15) is 54.4 Å². The summed E-state index contributed by atoms with van der Waals surface area (Å²) in [5.74, 6) is -6.89. The van der Waals surface area contributed by atoms with Gasteiger partial charge in [-0.15, -0.1) is 0 Å². The number of carboxylic acids is 2. The highest BCUT2D eigenvalue weighted by Crippen LogP contribution is 2.08. The van der Waals surface area contributed by atoms with Crippen molar-refractivity contribution in [3.8, 4) is 0 Å². The monoisotopic (exact) mass is 515 g/mol. The lowest BCUT2D eigenvalue weighted by atomic mass is 10.0. The van der Waals surface area contributed by atoms with Gasteiger partial charge in [-0.2, -0.15) is 0 Å². The summed E-state index contributed by atoms with van der Waals surface area (Å²) in [5.41, 5.74) is 0. The number of hydrogen-bond acceptors (Lipinski definition) is 7. The molecule has 5 amide bonds. The van der Waals surface area contributed by atoms with Crippen molar-refractivity contribution in [2.45, 2.75) is 78.6 Å². The number of aliphatic carboxylic acids is 2. The second-order valence-corrected chi connectivity index (χ2v) is 8.99. The average molecular weight is 516 g/mol. The molecule has 0 heterocycles. The van der Waals surface area contributed by atoms with E-state index < -0.39 is 83.9 Å². The van der Waals surface area contributed by atoms with Crippen LogP contribution in [0, 0.1) is 11.8 Å². The van der Waals surface area contributed by atoms with E-state index in [0.717, 1.165) is 0 Å². The standard InChI is InChI=1S/C22H37N5O9/c1-10(2)17(26-19(32)12(5)24-15(29)9-23-13(6)28)21(34)25-14(7-8-16(30)31)20(33)27-18(11(3)4)22(35)36/h10-12,14,17-18H,7-9H2,1-6H3,(H,23,28)(H,24,29)(H,25,34)(H,26,32)(H,27,33)(H,30,31)(H,35,36)/t12-,14-,17-,18-/m0/s1. The topological polar surface area (TPSA) is 220 Å². The molecular formula is C22H37N5O9. The quantitative estimate of drug-likeness (QED) is 0.132. The molecule has 204 valence electrons. The molecule has 0 aliphatic carbocycles. The molecule has 0 aromatic heterocycles. The number of hydrogen-bond donors (Lipinski definition) is 7. The highest BCUT2D eigenvalue weighted by Gasteiger charge is 2.32. The molecule has 0 aromatic rings. The van der Waals surface area contributed by atoms with Gasteiger partial charge in [-0.1, -0.05) is 27.7 Å². The van der Waals surface area contributed by atoms with Gasteiger partial charge in [-0.25, -0.2) is 4.79 Å².